The van der Waals surface area contributed by atoms with Crippen molar-refractivity contribution >= 4 is 6.03 Å². The monoisotopic (exact) mass is 280 g/mol. The zero-order valence-electron chi connectivity index (χ0n) is 12.3. The van der Waals surface area contributed by atoms with Crippen molar-refractivity contribution in [2.75, 3.05) is 13.2 Å². The molecule has 2 N–H and O–H groups in total. The summed E-state index contributed by atoms with van der Waals surface area (Å²) in [5.74, 6) is 1.44. The molecule has 1 saturated heterocycles. The van der Waals surface area contributed by atoms with Gasteiger partial charge in [-0.15, -0.1) is 0 Å². The van der Waals surface area contributed by atoms with E-state index in [4.69, 9.17) is 4.74 Å². The highest BCUT2D eigenvalue weighted by Crippen LogP contribution is 2.06. The first kappa shape index (κ1) is 14.8. The van der Waals surface area contributed by atoms with Gasteiger partial charge in [-0.2, -0.15) is 0 Å². The maximum Gasteiger partial charge on any atom is 0.315 e. The lowest BCUT2D eigenvalue weighted by Gasteiger charge is -2.23. The molecule has 2 heterocycles. The number of nitrogens with zero attached hydrogens (tertiary/aromatic N) is 2. The molecule has 2 amide bonds. The fraction of sp³-hybridized carbons (Fsp3) is 0.714. The number of amides is 2. The molecule has 0 aliphatic carbocycles. The highest BCUT2D eigenvalue weighted by Gasteiger charge is 2.16. The first-order valence-electron chi connectivity index (χ1n) is 7.27. The minimum absolute atomic E-state index is 0.124. The van der Waals surface area contributed by atoms with Crippen LogP contribution in [0.4, 0.5) is 4.79 Å². The number of nitrogens with one attached hydrogen (secondary N) is 2. The predicted molar refractivity (Wildman–Crippen MR) is 76.3 cm³/mol. The Balaban J connectivity index is 1.76. The molecule has 6 nitrogen and oxygen atoms in total. The van der Waals surface area contributed by atoms with E-state index in [2.05, 4.69) is 34.0 Å². The van der Waals surface area contributed by atoms with Gasteiger partial charge < -0.3 is 19.9 Å². The number of imidazole rings is 1. The Bertz CT molecular complexity index is 425. The van der Waals surface area contributed by atoms with Crippen LogP contribution >= 0.6 is 0 Å². The lowest BCUT2D eigenvalue weighted by molar-refractivity contribution is 0.0732. The molecule has 112 valence electrons. The average Bonchev–Trinajstić information content (AvgIpc) is 2.84. The molecule has 1 unspecified atom stereocenters. The highest BCUT2D eigenvalue weighted by molar-refractivity contribution is 5.74. The number of hydrogen-bond donors (Lipinski definition) is 2. The molecule has 1 aliphatic heterocycles. The highest BCUT2D eigenvalue weighted by atomic mass is 16.5. The third-order valence-corrected chi connectivity index (χ3v) is 3.27. The summed E-state index contributed by atoms with van der Waals surface area (Å²) in [7, 11) is 0. The van der Waals surface area contributed by atoms with Gasteiger partial charge in [0, 0.05) is 25.5 Å². The minimum Gasteiger partial charge on any atom is -0.379 e. The second-order valence-corrected chi connectivity index (χ2v) is 5.63. The van der Waals surface area contributed by atoms with Crippen LogP contribution in [0.25, 0.3) is 0 Å². The molecule has 1 aromatic heterocycles. The quantitative estimate of drug-likeness (QED) is 0.859. The molecule has 1 aromatic rings. The normalized spacial score (nSPS) is 19.1. The van der Waals surface area contributed by atoms with Crippen molar-refractivity contribution in [2.45, 2.75) is 45.8 Å². The van der Waals surface area contributed by atoms with E-state index in [1.807, 2.05) is 6.20 Å². The molecule has 1 fully saturated rings. The summed E-state index contributed by atoms with van der Waals surface area (Å²) in [6, 6.07) is -0.0289. The molecule has 0 saturated carbocycles. The molecule has 0 bridgehead atoms. The molecule has 6 heteroatoms. The minimum atomic E-state index is -0.153. The van der Waals surface area contributed by atoms with E-state index in [1.165, 1.54) is 0 Å². The van der Waals surface area contributed by atoms with Crippen molar-refractivity contribution in [1.82, 2.24) is 20.2 Å². The third-order valence-electron chi connectivity index (χ3n) is 3.27. The zero-order chi connectivity index (χ0) is 14.4. The number of carbonyl (C=O) groups excluding carboxylic acids is 1. The average molecular weight is 280 g/mol. The largest absolute Gasteiger partial charge is 0.379 e. The zero-order valence-corrected chi connectivity index (χ0v) is 12.3. The van der Waals surface area contributed by atoms with Crippen LogP contribution in [0.1, 0.15) is 32.5 Å². The Morgan fingerprint density at radius 3 is 3.15 bits per heavy atom. The SMILES string of the molecule is CC(C)Cn1ccnc1CNC(=O)NC1CCCOC1. The first-order chi connectivity index (χ1) is 9.65. The van der Waals surface area contributed by atoms with Crippen molar-refractivity contribution in [2.24, 2.45) is 5.92 Å². The van der Waals surface area contributed by atoms with Gasteiger partial charge in [-0.05, 0) is 18.8 Å². The number of urea groups is 1. The summed E-state index contributed by atoms with van der Waals surface area (Å²) in [6.45, 7) is 7.08. The van der Waals surface area contributed by atoms with Gasteiger partial charge in [-0.3, -0.25) is 0 Å². The van der Waals surface area contributed by atoms with Crippen LogP contribution < -0.4 is 10.6 Å². The van der Waals surface area contributed by atoms with Crippen molar-refractivity contribution in [3.05, 3.63) is 18.2 Å². The van der Waals surface area contributed by atoms with E-state index in [1.54, 1.807) is 6.20 Å². The number of carbonyl (C=O) groups is 1. The summed E-state index contributed by atoms with van der Waals surface area (Å²) in [4.78, 5) is 16.1. The second kappa shape index (κ2) is 7.28. The first-order valence-corrected chi connectivity index (χ1v) is 7.27. The lowest BCUT2D eigenvalue weighted by Crippen LogP contribution is -2.45. The number of rotatable bonds is 5. The van der Waals surface area contributed by atoms with Crippen molar-refractivity contribution in [3.63, 3.8) is 0 Å². The summed E-state index contributed by atoms with van der Waals surface area (Å²) in [5, 5.41) is 5.79. The van der Waals surface area contributed by atoms with E-state index < -0.39 is 0 Å². The number of aromatic nitrogens is 2. The fourth-order valence-electron chi connectivity index (χ4n) is 2.32. The van der Waals surface area contributed by atoms with Gasteiger partial charge in [-0.1, -0.05) is 13.8 Å². The summed E-state index contributed by atoms with van der Waals surface area (Å²) in [6.07, 6.45) is 5.70. The molecule has 1 atom stereocenters. The van der Waals surface area contributed by atoms with Gasteiger partial charge in [0.25, 0.3) is 0 Å². The lowest BCUT2D eigenvalue weighted by atomic mass is 10.1. The predicted octanol–water partition coefficient (Wildman–Crippen LogP) is 1.52. The van der Waals surface area contributed by atoms with Crippen LogP contribution in [0.3, 0.4) is 0 Å². The Morgan fingerprint density at radius 2 is 2.45 bits per heavy atom. The van der Waals surface area contributed by atoms with E-state index in [0.717, 1.165) is 31.8 Å². The Morgan fingerprint density at radius 1 is 1.60 bits per heavy atom. The second-order valence-electron chi connectivity index (χ2n) is 5.63. The molecule has 0 aromatic carbocycles. The van der Waals surface area contributed by atoms with Gasteiger partial charge in [-0.25, -0.2) is 9.78 Å². The summed E-state index contributed by atoms with van der Waals surface area (Å²) in [5.41, 5.74) is 0. The van der Waals surface area contributed by atoms with Crippen molar-refractivity contribution in [1.29, 1.82) is 0 Å². The van der Waals surface area contributed by atoms with Gasteiger partial charge in [0.1, 0.15) is 5.82 Å². The Hall–Kier alpha value is -1.56. The Kier molecular flexibility index (Phi) is 5.40. The van der Waals surface area contributed by atoms with Gasteiger partial charge in [0.15, 0.2) is 0 Å². The maximum absolute atomic E-state index is 11.8. The van der Waals surface area contributed by atoms with Gasteiger partial charge >= 0.3 is 6.03 Å². The van der Waals surface area contributed by atoms with E-state index in [0.29, 0.717) is 19.1 Å². The molecule has 0 radical (unpaired) electrons. The van der Waals surface area contributed by atoms with Crippen LogP contribution in [0.5, 0.6) is 0 Å². The van der Waals surface area contributed by atoms with Crippen LogP contribution in [0, 0.1) is 5.92 Å². The third kappa shape index (κ3) is 4.52. The Labute approximate surface area is 119 Å². The molecular formula is C14H24N4O2. The number of hydrogen-bond acceptors (Lipinski definition) is 3. The van der Waals surface area contributed by atoms with Gasteiger partial charge in [0.2, 0.25) is 0 Å². The maximum atomic E-state index is 11.8. The van der Waals surface area contributed by atoms with Crippen LogP contribution in [0.2, 0.25) is 0 Å². The molecule has 2 rings (SSSR count). The summed E-state index contributed by atoms with van der Waals surface area (Å²) >= 11 is 0. The molecule has 0 spiro atoms. The van der Waals surface area contributed by atoms with E-state index in [-0.39, 0.29) is 12.1 Å². The van der Waals surface area contributed by atoms with E-state index >= 15 is 0 Å². The number of ether oxygens (including phenoxy) is 1. The molecular weight excluding hydrogens is 256 g/mol. The van der Waals surface area contributed by atoms with E-state index in [9.17, 15) is 4.79 Å². The van der Waals surface area contributed by atoms with Crippen LogP contribution in [0.15, 0.2) is 12.4 Å². The van der Waals surface area contributed by atoms with Gasteiger partial charge in [0.05, 0.1) is 19.2 Å². The summed E-state index contributed by atoms with van der Waals surface area (Å²) < 4.78 is 7.42. The van der Waals surface area contributed by atoms with Crippen molar-refractivity contribution < 1.29 is 9.53 Å². The molecule has 20 heavy (non-hydrogen) atoms. The topological polar surface area (TPSA) is 68.2 Å². The molecule has 1 aliphatic rings. The smallest absolute Gasteiger partial charge is 0.315 e. The van der Waals surface area contributed by atoms with Crippen molar-refractivity contribution in [3.8, 4) is 0 Å². The fourth-order valence-corrected chi connectivity index (χ4v) is 2.32. The van der Waals surface area contributed by atoms with Crippen LogP contribution in [-0.2, 0) is 17.8 Å². The standard InChI is InChI=1S/C14H24N4O2/c1-11(2)9-18-6-5-15-13(18)8-16-14(19)17-12-4-3-7-20-10-12/h5-6,11-12H,3-4,7-10H2,1-2H3,(H2,16,17,19). The van der Waals surface area contributed by atoms with Crippen LogP contribution in [-0.4, -0.2) is 34.8 Å².